The minimum Gasteiger partial charge on any atom is -0.466 e. The summed E-state index contributed by atoms with van der Waals surface area (Å²) in [5.74, 6) is -11.7. The summed E-state index contributed by atoms with van der Waals surface area (Å²) in [6.07, 6.45) is -11.9. The third-order valence-electron chi connectivity index (χ3n) is 5.18. The molecule has 0 saturated carbocycles. The lowest BCUT2D eigenvalue weighted by molar-refractivity contribution is -0.376. The molecular formula is C19H20ClF6NO6. The van der Waals surface area contributed by atoms with Crippen LogP contribution in [0.2, 0.25) is 5.02 Å². The number of rotatable bonds is 5. The van der Waals surface area contributed by atoms with Gasteiger partial charge in [0.2, 0.25) is 11.4 Å². The summed E-state index contributed by atoms with van der Waals surface area (Å²) >= 11 is 5.85. The van der Waals surface area contributed by atoms with Crippen molar-refractivity contribution in [3.8, 4) is 0 Å². The molecule has 1 aliphatic rings. The third-order valence-corrected chi connectivity index (χ3v) is 5.41. The molecule has 7 nitrogen and oxygen atoms in total. The molecule has 0 radical (unpaired) electrons. The first-order valence-electron chi connectivity index (χ1n) is 9.51. The Labute approximate surface area is 188 Å². The van der Waals surface area contributed by atoms with Crippen molar-refractivity contribution in [2.75, 3.05) is 13.2 Å². The molecule has 1 heterocycles. The molecule has 14 heteroatoms. The van der Waals surface area contributed by atoms with E-state index >= 15 is 0 Å². The Kier molecular flexibility index (Phi) is 7.63. The molecule has 33 heavy (non-hydrogen) atoms. The minimum absolute atomic E-state index is 0.164. The number of hydrogen-bond donors (Lipinski definition) is 3. The molecule has 1 fully saturated rings. The van der Waals surface area contributed by atoms with Gasteiger partial charge in [0.05, 0.1) is 13.2 Å². The van der Waals surface area contributed by atoms with Gasteiger partial charge in [-0.3, -0.25) is 9.59 Å². The molecule has 3 N–H and O–H groups in total. The van der Waals surface area contributed by atoms with E-state index in [4.69, 9.17) is 11.6 Å². The van der Waals surface area contributed by atoms with Crippen LogP contribution < -0.4 is 5.32 Å². The summed E-state index contributed by atoms with van der Waals surface area (Å²) in [5, 5.41) is 21.6. The maximum atomic E-state index is 14.0. The van der Waals surface area contributed by atoms with Gasteiger partial charge < -0.3 is 19.7 Å². The standard InChI is InChI=1S/C19H20ClF6NO6/c1-3-32-14(28)12-11(9-6-5-7-10(20)8-9)13(15(29)33-4-2)17(31,19(24,25)26)27-16(12,30)18(21,22)23/h5-8,11-13,27,30-31H,3-4H2,1-2H3/t11?,12-,13+,16-,17+. The van der Waals surface area contributed by atoms with Crippen LogP contribution in [0.15, 0.2) is 24.3 Å². The number of ether oxygens (including phenoxy) is 2. The van der Waals surface area contributed by atoms with Crippen LogP contribution in [0.4, 0.5) is 26.3 Å². The number of hydrogen-bond acceptors (Lipinski definition) is 7. The molecule has 5 atom stereocenters. The number of benzene rings is 1. The van der Waals surface area contributed by atoms with Gasteiger partial charge in [-0.15, -0.1) is 0 Å². The van der Waals surface area contributed by atoms with Gasteiger partial charge in [0.25, 0.3) is 0 Å². The van der Waals surface area contributed by atoms with E-state index in [1.54, 1.807) is 0 Å². The van der Waals surface area contributed by atoms with Gasteiger partial charge in [0, 0.05) is 10.9 Å². The van der Waals surface area contributed by atoms with E-state index in [1.807, 2.05) is 0 Å². The van der Waals surface area contributed by atoms with Gasteiger partial charge in [-0.05, 0) is 31.5 Å². The lowest BCUT2D eigenvalue weighted by Gasteiger charge is -2.54. The number of aliphatic hydroxyl groups is 2. The van der Waals surface area contributed by atoms with Crippen molar-refractivity contribution in [2.45, 2.75) is 43.6 Å². The van der Waals surface area contributed by atoms with Crippen molar-refractivity contribution in [2.24, 2.45) is 11.8 Å². The quantitative estimate of drug-likeness (QED) is 0.416. The average molecular weight is 508 g/mol. The third kappa shape index (κ3) is 4.77. The molecule has 0 amide bonds. The Morgan fingerprint density at radius 2 is 1.39 bits per heavy atom. The molecule has 0 aliphatic carbocycles. The second kappa shape index (κ2) is 9.28. The van der Waals surface area contributed by atoms with E-state index in [0.29, 0.717) is 5.32 Å². The van der Waals surface area contributed by atoms with Crippen molar-refractivity contribution < 1.29 is 55.6 Å². The number of nitrogens with one attached hydrogen (secondary N) is 1. The van der Waals surface area contributed by atoms with Gasteiger partial charge in [0.1, 0.15) is 11.8 Å². The number of carbonyl (C=O) groups is 2. The lowest BCUT2D eigenvalue weighted by atomic mass is 9.64. The summed E-state index contributed by atoms with van der Waals surface area (Å²) in [7, 11) is 0. The van der Waals surface area contributed by atoms with Gasteiger partial charge >= 0.3 is 24.3 Å². The van der Waals surface area contributed by atoms with Crippen LogP contribution >= 0.6 is 11.6 Å². The average Bonchev–Trinajstić information content (AvgIpc) is 2.65. The second-order valence-corrected chi connectivity index (χ2v) is 7.63. The highest BCUT2D eigenvalue weighted by Crippen LogP contribution is 2.55. The Hall–Kier alpha value is -2.09. The highest BCUT2D eigenvalue weighted by molar-refractivity contribution is 6.30. The number of esters is 2. The van der Waals surface area contributed by atoms with Crippen LogP contribution in [0, 0.1) is 11.8 Å². The zero-order valence-corrected chi connectivity index (χ0v) is 17.9. The predicted octanol–water partition coefficient (Wildman–Crippen LogP) is 2.89. The largest absolute Gasteiger partial charge is 0.466 e. The topological polar surface area (TPSA) is 105 Å². The van der Waals surface area contributed by atoms with Crippen molar-refractivity contribution in [3.63, 3.8) is 0 Å². The highest BCUT2D eigenvalue weighted by atomic mass is 35.5. The van der Waals surface area contributed by atoms with E-state index in [2.05, 4.69) is 9.47 Å². The summed E-state index contributed by atoms with van der Waals surface area (Å²) in [4.78, 5) is 25.3. The van der Waals surface area contributed by atoms with Gasteiger partial charge in [-0.1, -0.05) is 23.7 Å². The van der Waals surface area contributed by atoms with Crippen LogP contribution in [0.5, 0.6) is 0 Å². The first kappa shape index (κ1) is 27.2. The Morgan fingerprint density at radius 1 is 0.970 bits per heavy atom. The number of carbonyl (C=O) groups excluding carboxylic acids is 2. The molecule has 0 bridgehead atoms. The van der Waals surface area contributed by atoms with E-state index < -0.39 is 72.3 Å². The van der Waals surface area contributed by atoms with Crippen molar-refractivity contribution in [1.29, 1.82) is 0 Å². The van der Waals surface area contributed by atoms with Gasteiger partial charge in [0.15, 0.2) is 0 Å². The normalized spacial score (nSPS) is 30.6. The number of piperidine rings is 1. The van der Waals surface area contributed by atoms with Crippen molar-refractivity contribution >= 4 is 23.5 Å². The fraction of sp³-hybridized carbons (Fsp3) is 0.579. The van der Waals surface area contributed by atoms with Crippen molar-refractivity contribution in [1.82, 2.24) is 5.32 Å². The molecule has 1 aromatic rings. The summed E-state index contributed by atoms with van der Waals surface area (Å²) in [5.41, 5.74) is -9.82. The van der Waals surface area contributed by atoms with Gasteiger partial charge in [-0.25, -0.2) is 5.32 Å². The Balaban J connectivity index is 2.97. The first-order valence-corrected chi connectivity index (χ1v) is 9.89. The molecule has 0 spiro atoms. The van der Waals surface area contributed by atoms with E-state index in [0.717, 1.165) is 18.2 Å². The number of halogens is 7. The first-order chi connectivity index (χ1) is 15.0. The Morgan fingerprint density at radius 3 is 1.73 bits per heavy atom. The molecule has 1 unspecified atom stereocenters. The van der Waals surface area contributed by atoms with E-state index in [-0.39, 0.29) is 5.02 Å². The SMILES string of the molecule is CCOC(=O)[C@@H]1C(c2cccc(Cl)c2)[C@H](C(=O)OCC)[C@@](O)(C(F)(F)F)N[C@@]1(O)C(F)(F)F. The zero-order valence-electron chi connectivity index (χ0n) is 17.1. The summed E-state index contributed by atoms with van der Waals surface area (Å²) in [6.45, 7) is 1.42. The summed E-state index contributed by atoms with van der Waals surface area (Å²) < 4.78 is 93.3. The second-order valence-electron chi connectivity index (χ2n) is 7.19. The summed E-state index contributed by atoms with van der Waals surface area (Å²) in [6, 6.07) is 4.28. The van der Waals surface area contributed by atoms with Crippen LogP contribution in [0.25, 0.3) is 0 Å². The van der Waals surface area contributed by atoms with Crippen LogP contribution in [0.3, 0.4) is 0 Å². The van der Waals surface area contributed by atoms with Crippen LogP contribution in [-0.2, 0) is 19.1 Å². The molecule has 1 saturated heterocycles. The maximum absolute atomic E-state index is 14.0. The fourth-order valence-electron chi connectivity index (χ4n) is 3.85. The van der Waals surface area contributed by atoms with E-state index in [1.165, 1.54) is 19.9 Å². The van der Waals surface area contributed by atoms with Gasteiger partial charge in [-0.2, -0.15) is 26.3 Å². The molecule has 1 aliphatic heterocycles. The minimum atomic E-state index is -5.94. The maximum Gasteiger partial charge on any atom is 0.432 e. The molecule has 1 aromatic carbocycles. The molecule has 2 rings (SSSR count). The Bertz CT molecular complexity index is 848. The molecule has 186 valence electrons. The predicted molar refractivity (Wildman–Crippen MR) is 99.6 cm³/mol. The highest BCUT2D eigenvalue weighted by Gasteiger charge is 2.78. The van der Waals surface area contributed by atoms with E-state index in [9.17, 15) is 46.1 Å². The van der Waals surface area contributed by atoms with Crippen molar-refractivity contribution in [3.05, 3.63) is 34.9 Å². The lowest BCUT2D eigenvalue weighted by Crippen LogP contribution is -2.81. The monoisotopic (exact) mass is 507 g/mol. The zero-order chi connectivity index (χ0) is 25.4. The van der Waals surface area contributed by atoms with Crippen LogP contribution in [0.1, 0.15) is 25.3 Å². The van der Waals surface area contributed by atoms with Crippen LogP contribution in [-0.4, -0.2) is 59.2 Å². The molecular weight excluding hydrogens is 488 g/mol. The number of alkyl halides is 6. The molecule has 0 aromatic heterocycles. The smallest absolute Gasteiger partial charge is 0.432 e. The fourth-order valence-corrected chi connectivity index (χ4v) is 4.05.